The van der Waals surface area contributed by atoms with Crippen LogP contribution in [0, 0.1) is 0 Å². The quantitative estimate of drug-likeness (QED) is 0.610. The second-order valence-corrected chi connectivity index (χ2v) is 3.78. The SMILES string of the molecule is C=CCOc1ccc2c(C(=O)OC)cccc2c1. The number of rotatable bonds is 4. The number of carbonyl (C=O) groups is 1. The lowest BCUT2D eigenvalue weighted by Gasteiger charge is -2.07. The molecule has 0 amide bonds. The van der Waals surface area contributed by atoms with Crippen LogP contribution in [0.15, 0.2) is 49.1 Å². The van der Waals surface area contributed by atoms with Crippen molar-refractivity contribution >= 4 is 16.7 Å². The van der Waals surface area contributed by atoms with E-state index in [9.17, 15) is 4.79 Å². The monoisotopic (exact) mass is 242 g/mol. The average molecular weight is 242 g/mol. The lowest BCUT2D eigenvalue weighted by Crippen LogP contribution is -2.01. The van der Waals surface area contributed by atoms with E-state index >= 15 is 0 Å². The molecule has 0 spiro atoms. The van der Waals surface area contributed by atoms with Crippen molar-refractivity contribution in [3.63, 3.8) is 0 Å². The molecule has 0 saturated carbocycles. The molecule has 3 nitrogen and oxygen atoms in total. The third-order valence-electron chi connectivity index (χ3n) is 2.63. The van der Waals surface area contributed by atoms with Crippen molar-refractivity contribution in [2.75, 3.05) is 13.7 Å². The van der Waals surface area contributed by atoms with E-state index < -0.39 is 0 Å². The molecule has 3 heteroatoms. The fraction of sp³-hybridized carbons (Fsp3) is 0.133. The van der Waals surface area contributed by atoms with Gasteiger partial charge in [-0.2, -0.15) is 0 Å². The van der Waals surface area contributed by atoms with Crippen molar-refractivity contribution in [3.05, 3.63) is 54.6 Å². The van der Waals surface area contributed by atoms with Crippen LogP contribution in [-0.2, 0) is 4.74 Å². The van der Waals surface area contributed by atoms with Gasteiger partial charge in [-0.25, -0.2) is 4.79 Å². The number of benzene rings is 2. The first kappa shape index (κ1) is 12.2. The maximum atomic E-state index is 11.6. The molecule has 0 aliphatic carbocycles. The molecule has 0 aromatic heterocycles. The summed E-state index contributed by atoms with van der Waals surface area (Å²) < 4.78 is 10.2. The molecule has 0 atom stereocenters. The highest BCUT2D eigenvalue weighted by atomic mass is 16.5. The molecule has 0 fully saturated rings. The van der Waals surface area contributed by atoms with Gasteiger partial charge in [0.05, 0.1) is 12.7 Å². The molecule has 0 unspecified atom stereocenters. The fourth-order valence-corrected chi connectivity index (χ4v) is 1.79. The van der Waals surface area contributed by atoms with Crippen LogP contribution >= 0.6 is 0 Å². The number of methoxy groups -OCH3 is 1. The number of esters is 1. The normalized spacial score (nSPS) is 10.1. The van der Waals surface area contributed by atoms with E-state index in [1.807, 2.05) is 30.3 Å². The second-order valence-electron chi connectivity index (χ2n) is 3.78. The summed E-state index contributed by atoms with van der Waals surface area (Å²) >= 11 is 0. The lowest BCUT2D eigenvalue weighted by molar-refractivity contribution is 0.0603. The van der Waals surface area contributed by atoms with Gasteiger partial charge in [-0.05, 0) is 35.0 Å². The van der Waals surface area contributed by atoms with Gasteiger partial charge in [-0.3, -0.25) is 0 Å². The van der Waals surface area contributed by atoms with E-state index in [-0.39, 0.29) is 5.97 Å². The Morgan fingerprint density at radius 2 is 2.17 bits per heavy atom. The Balaban J connectivity index is 2.46. The zero-order valence-corrected chi connectivity index (χ0v) is 10.2. The minimum absolute atomic E-state index is 0.333. The summed E-state index contributed by atoms with van der Waals surface area (Å²) in [4.78, 5) is 11.6. The van der Waals surface area contributed by atoms with Crippen molar-refractivity contribution in [1.29, 1.82) is 0 Å². The maximum absolute atomic E-state index is 11.6. The Hall–Kier alpha value is -2.29. The molecular formula is C15H14O3. The van der Waals surface area contributed by atoms with Crippen molar-refractivity contribution < 1.29 is 14.3 Å². The summed E-state index contributed by atoms with van der Waals surface area (Å²) in [6, 6.07) is 11.1. The summed E-state index contributed by atoms with van der Waals surface area (Å²) in [5.74, 6) is 0.421. The second kappa shape index (κ2) is 5.36. The molecule has 18 heavy (non-hydrogen) atoms. The van der Waals surface area contributed by atoms with Crippen molar-refractivity contribution in [2.24, 2.45) is 0 Å². The number of ether oxygens (including phenoxy) is 2. The number of carbonyl (C=O) groups excluding carboxylic acids is 1. The van der Waals surface area contributed by atoms with Crippen LogP contribution in [0.4, 0.5) is 0 Å². The zero-order chi connectivity index (χ0) is 13.0. The largest absolute Gasteiger partial charge is 0.490 e. The number of fused-ring (bicyclic) bond motifs is 1. The van der Waals surface area contributed by atoms with E-state index in [4.69, 9.17) is 9.47 Å². The molecule has 0 radical (unpaired) electrons. The third-order valence-corrected chi connectivity index (χ3v) is 2.63. The van der Waals surface area contributed by atoms with Gasteiger partial charge in [0.2, 0.25) is 0 Å². The van der Waals surface area contributed by atoms with Crippen LogP contribution in [0.25, 0.3) is 10.8 Å². The van der Waals surface area contributed by atoms with Gasteiger partial charge in [-0.1, -0.05) is 24.8 Å². The van der Waals surface area contributed by atoms with Gasteiger partial charge in [0.15, 0.2) is 0 Å². The summed E-state index contributed by atoms with van der Waals surface area (Å²) in [6.07, 6.45) is 1.69. The van der Waals surface area contributed by atoms with E-state index in [1.54, 1.807) is 12.1 Å². The van der Waals surface area contributed by atoms with Gasteiger partial charge >= 0.3 is 5.97 Å². The molecule has 0 N–H and O–H groups in total. The summed E-state index contributed by atoms with van der Waals surface area (Å²) in [6.45, 7) is 4.06. The Labute approximate surface area is 106 Å². The van der Waals surface area contributed by atoms with Gasteiger partial charge in [0, 0.05) is 0 Å². The van der Waals surface area contributed by atoms with Crippen molar-refractivity contribution in [1.82, 2.24) is 0 Å². The van der Waals surface area contributed by atoms with Gasteiger partial charge in [0.25, 0.3) is 0 Å². The van der Waals surface area contributed by atoms with Crippen LogP contribution < -0.4 is 4.74 Å². The van der Waals surface area contributed by atoms with Gasteiger partial charge in [0.1, 0.15) is 12.4 Å². The Morgan fingerprint density at radius 3 is 2.89 bits per heavy atom. The molecule has 0 bridgehead atoms. The van der Waals surface area contributed by atoms with Gasteiger partial charge in [-0.15, -0.1) is 0 Å². The Morgan fingerprint density at radius 1 is 1.33 bits per heavy atom. The molecule has 0 aliphatic rings. The topological polar surface area (TPSA) is 35.5 Å². The van der Waals surface area contributed by atoms with Crippen molar-refractivity contribution in [2.45, 2.75) is 0 Å². The molecule has 0 saturated heterocycles. The highest BCUT2D eigenvalue weighted by Gasteiger charge is 2.09. The molecule has 2 rings (SSSR count). The maximum Gasteiger partial charge on any atom is 0.338 e. The molecule has 2 aromatic rings. The molecule has 0 heterocycles. The first-order valence-corrected chi connectivity index (χ1v) is 5.61. The van der Waals surface area contributed by atoms with E-state index in [0.717, 1.165) is 16.5 Å². The minimum atomic E-state index is -0.333. The first-order valence-electron chi connectivity index (χ1n) is 5.61. The summed E-state index contributed by atoms with van der Waals surface area (Å²) in [7, 11) is 1.38. The Kier molecular flexibility index (Phi) is 3.63. The predicted molar refractivity (Wildman–Crippen MR) is 71.0 cm³/mol. The smallest absolute Gasteiger partial charge is 0.338 e. The van der Waals surface area contributed by atoms with Crippen LogP contribution in [0.5, 0.6) is 5.75 Å². The molecule has 2 aromatic carbocycles. The third kappa shape index (κ3) is 2.35. The molecule has 0 aliphatic heterocycles. The fourth-order valence-electron chi connectivity index (χ4n) is 1.79. The first-order chi connectivity index (χ1) is 8.76. The lowest BCUT2D eigenvalue weighted by atomic mass is 10.0. The van der Waals surface area contributed by atoms with Crippen LogP contribution in [-0.4, -0.2) is 19.7 Å². The zero-order valence-electron chi connectivity index (χ0n) is 10.2. The number of hydrogen-bond acceptors (Lipinski definition) is 3. The summed E-state index contributed by atoms with van der Waals surface area (Å²) in [5, 5.41) is 1.80. The summed E-state index contributed by atoms with van der Waals surface area (Å²) in [5.41, 5.74) is 0.560. The van der Waals surface area contributed by atoms with Crippen LogP contribution in [0.1, 0.15) is 10.4 Å². The van der Waals surface area contributed by atoms with Crippen LogP contribution in [0.3, 0.4) is 0 Å². The minimum Gasteiger partial charge on any atom is -0.490 e. The molecule has 92 valence electrons. The predicted octanol–water partition coefficient (Wildman–Crippen LogP) is 3.19. The average Bonchev–Trinajstić information content (AvgIpc) is 2.43. The highest BCUT2D eigenvalue weighted by Crippen LogP contribution is 2.24. The van der Waals surface area contributed by atoms with Gasteiger partial charge < -0.3 is 9.47 Å². The molecular weight excluding hydrogens is 228 g/mol. The highest BCUT2D eigenvalue weighted by molar-refractivity contribution is 6.04. The Bertz CT molecular complexity index is 587. The van der Waals surface area contributed by atoms with Crippen LogP contribution in [0.2, 0.25) is 0 Å². The van der Waals surface area contributed by atoms with E-state index in [2.05, 4.69) is 6.58 Å². The standard InChI is InChI=1S/C15H14O3/c1-3-9-18-12-7-8-13-11(10-12)5-4-6-14(13)15(16)17-2/h3-8,10H,1,9H2,2H3. The van der Waals surface area contributed by atoms with Crippen molar-refractivity contribution in [3.8, 4) is 5.75 Å². The van der Waals surface area contributed by atoms with E-state index in [1.165, 1.54) is 7.11 Å². The van der Waals surface area contributed by atoms with E-state index in [0.29, 0.717) is 12.2 Å². The number of hydrogen-bond donors (Lipinski definition) is 0.